The Morgan fingerprint density at radius 1 is 1.18 bits per heavy atom. The molecule has 2 N–H and O–H groups in total. The zero-order chi connectivity index (χ0) is 16.1. The molecular formula is C14H10FN3O3S. The molecule has 0 atom stereocenters. The van der Waals surface area contributed by atoms with Crippen LogP contribution in [0.4, 0.5) is 15.8 Å². The lowest BCUT2D eigenvalue weighted by Gasteiger charge is -2.10. The van der Waals surface area contributed by atoms with Crippen LogP contribution in [-0.4, -0.2) is 15.9 Å². The number of nitrogens with one attached hydrogen (secondary N) is 2. The SMILES string of the molecule is O=C(NC(=S)Nc1cc([N+](=O)[O-])ccc1F)c1ccccc1. The number of halogens is 1. The fraction of sp³-hybridized carbons (Fsp3) is 0. The average molecular weight is 319 g/mol. The summed E-state index contributed by atoms with van der Waals surface area (Å²) in [5.74, 6) is -1.19. The van der Waals surface area contributed by atoms with Gasteiger partial charge in [0, 0.05) is 17.7 Å². The van der Waals surface area contributed by atoms with Crippen molar-refractivity contribution in [3.05, 3.63) is 70.0 Å². The number of nitro groups is 1. The lowest BCUT2D eigenvalue weighted by molar-refractivity contribution is -0.384. The Labute approximate surface area is 130 Å². The van der Waals surface area contributed by atoms with E-state index in [1.165, 1.54) is 0 Å². The highest BCUT2D eigenvalue weighted by Gasteiger charge is 2.13. The summed E-state index contributed by atoms with van der Waals surface area (Å²) >= 11 is 4.90. The molecule has 0 spiro atoms. The second kappa shape index (κ2) is 6.72. The van der Waals surface area contributed by atoms with Gasteiger partial charge < -0.3 is 5.32 Å². The number of hydrogen-bond donors (Lipinski definition) is 2. The molecule has 22 heavy (non-hydrogen) atoms. The number of anilines is 1. The quantitative estimate of drug-likeness (QED) is 0.516. The van der Waals surface area contributed by atoms with Crippen LogP contribution in [0, 0.1) is 15.9 Å². The van der Waals surface area contributed by atoms with Gasteiger partial charge in [-0.2, -0.15) is 0 Å². The Hall–Kier alpha value is -2.87. The number of rotatable bonds is 3. The van der Waals surface area contributed by atoms with E-state index in [9.17, 15) is 19.3 Å². The summed E-state index contributed by atoms with van der Waals surface area (Å²) in [5, 5.41) is 15.3. The van der Waals surface area contributed by atoms with Gasteiger partial charge in [0.05, 0.1) is 10.6 Å². The number of nitro benzene ring substituents is 1. The van der Waals surface area contributed by atoms with Crippen LogP contribution in [0.25, 0.3) is 0 Å². The first-order valence-electron chi connectivity index (χ1n) is 6.08. The third kappa shape index (κ3) is 3.83. The Balaban J connectivity index is 2.08. The van der Waals surface area contributed by atoms with Crippen LogP contribution in [0.1, 0.15) is 10.4 Å². The standard InChI is InChI=1S/C14H10FN3O3S/c15-11-7-6-10(18(20)21)8-12(11)16-14(22)17-13(19)9-4-2-1-3-5-9/h1-8H,(H2,16,17,19,22). The molecule has 6 nitrogen and oxygen atoms in total. The largest absolute Gasteiger partial charge is 0.330 e. The molecule has 0 unspecified atom stereocenters. The minimum absolute atomic E-state index is 0.159. The smallest absolute Gasteiger partial charge is 0.271 e. The summed E-state index contributed by atoms with van der Waals surface area (Å²) in [7, 11) is 0. The fourth-order valence-electron chi connectivity index (χ4n) is 1.64. The monoisotopic (exact) mass is 319 g/mol. The number of benzene rings is 2. The van der Waals surface area contributed by atoms with E-state index in [0.717, 1.165) is 18.2 Å². The van der Waals surface area contributed by atoms with Gasteiger partial charge in [-0.05, 0) is 30.4 Å². The minimum atomic E-state index is -0.720. The van der Waals surface area contributed by atoms with Gasteiger partial charge in [-0.15, -0.1) is 0 Å². The van der Waals surface area contributed by atoms with E-state index in [1.807, 2.05) is 0 Å². The highest BCUT2D eigenvalue weighted by Crippen LogP contribution is 2.21. The lowest BCUT2D eigenvalue weighted by Crippen LogP contribution is -2.34. The Kier molecular flexibility index (Phi) is 4.74. The first-order chi connectivity index (χ1) is 10.5. The molecule has 0 aromatic heterocycles. The molecule has 2 rings (SSSR count). The molecule has 1 amide bonds. The first kappa shape index (κ1) is 15.5. The molecule has 0 aliphatic rings. The van der Waals surface area contributed by atoms with Gasteiger partial charge in [0.25, 0.3) is 11.6 Å². The van der Waals surface area contributed by atoms with Crippen molar-refractivity contribution in [1.29, 1.82) is 0 Å². The maximum atomic E-state index is 13.6. The molecule has 8 heteroatoms. The molecule has 2 aromatic carbocycles. The van der Waals surface area contributed by atoms with Crippen molar-refractivity contribution in [3.63, 3.8) is 0 Å². The minimum Gasteiger partial charge on any atom is -0.330 e. The highest BCUT2D eigenvalue weighted by atomic mass is 32.1. The maximum Gasteiger partial charge on any atom is 0.271 e. The van der Waals surface area contributed by atoms with Crippen molar-refractivity contribution >= 4 is 34.6 Å². The van der Waals surface area contributed by atoms with Crippen LogP contribution in [-0.2, 0) is 0 Å². The molecular weight excluding hydrogens is 309 g/mol. The van der Waals surface area contributed by atoms with E-state index >= 15 is 0 Å². The van der Waals surface area contributed by atoms with Crippen LogP contribution >= 0.6 is 12.2 Å². The summed E-state index contributed by atoms with van der Waals surface area (Å²) in [6.07, 6.45) is 0. The van der Waals surface area contributed by atoms with Crippen LogP contribution in [0.2, 0.25) is 0 Å². The van der Waals surface area contributed by atoms with Crippen molar-refractivity contribution in [2.75, 3.05) is 5.32 Å². The van der Waals surface area contributed by atoms with Crippen molar-refractivity contribution in [3.8, 4) is 0 Å². The topological polar surface area (TPSA) is 84.3 Å². The van der Waals surface area contributed by atoms with E-state index in [4.69, 9.17) is 12.2 Å². The molecule has 0 bridgehead atoms. The van der Waals surface area contributed by atoms with E-state index < -0.39 is 16.6 Å². The molecule has 0 radical (unpaired) electrons. The predicted octanol–water partition coefficient (Wildman–Crippen LogP) is 2.86. The number of carbonyl (C=O) groups excluding carboxylic acids is 1. The van der Waals surface area contributed by atoms with Gasteiger partial charge >= 0.3 is 0 Å². The number of carbonyl (C=O) groups is 1. The third-order valence-corrected chi connectivity index (χ3v) is 2.88. The normalized spacial score (nSPS) is 9.86. The van der Waals surface area contributed by atoms with Gasteiger partial charge in [-0.25, -0.2) is 4.39 Å². The molecule has 112 valence electrons. The van der Waals surface area contributed by atoms with E-state index in [-0.39, 0.29) is 16.5 Å². The van der Waals surface area contributed by atoms with Crippen LogP contribution < -0.4 is 10.6 Å². The molecule has 2 aromatic rings. The maximum absolute atomic E-state index is 13.6. The number of amides is 1. The number of hydrogen-bond acceptors (Lipinski definition) is 4. The summed E-state index contributed by atoms with van der Waals surface area (Å²) < 4.78 is 13.6. The first-order valence-corrected chi connectivity index (χ1v) is 6.49. The van der Waals surface area contributed by atoms with Gasteiger partial charge in [0.15, 0.2) is 5.11 Å². The van der Waals surface area contributed by atoms with Crippen LogP contribution in [0.15, 0.2) is 48.5 Å². The average Bonchev–Trinajstić information content (AvgIpc) is 2.50. The second-order valence-corrected chi connectivity index (χ2v) is 4.60. The van der Waals surface area contributed by atoms with Crippen molar-refractivity contribution < 1.29 is 14.1 Å². The second-order valence-electron chi connectivity index (χ2n) is 4.20. The third-order valence-electron chi connectivity index (χ3n) is 2.67. The van der Waals surface area contributed by atoms with E-state index in [1.54, 1.807) is 30.3 Å². The molecule has 0 heterocycles. The van der Waals surface area contributed by atoms with Crippen LogP contribution in [0.3, 0.4) is 0 Å². The van der Waals surface area contributed by atoms with Crippen molar-refractivity contribution in [1.82, 2.24) is 5.32 Å². The van der Waals surface area contributed by atoms with E-state index in [2.05, 4.69) is 10.6 Å². The lowest BCUT2D eigenvalue weighted by atomic mass is 10.2. The van der Waals surface area contributed by atoms with Gasteiger partial charge in [0.1, 0.15) is 5.82 Å². The summed E-state index contributed by atoms with van der Waals surface area (Å²) in [6, 6.07) is 11.3. The number of thiocarbonyl (C=S) groups is 1. The highest BCUT2D eigenvalue weighted by molar-refractivity contribution is 7.80. The van der Waals surface area contributed by atoms with E-state index in [0.29, 0.717) is 5.56 Å². The van der Waals surface area contributed by atoms with Gasteiger partial charge in [-0.1, -0.05) is 18.2 Å². The Morgan fingerprint density at radius 3 is 2.50 bits per heavy atom. The number of non-ortho nitro benzene ring substituents is 1. The zero-order valence-electron chi connectivity index (χ0n) is 11.1. The summed E-state index contributed by atoms with van der Waals surface area (Å²) in [4.78, 5) is 21.9. The molecule has 0 saturated heterocycles. The van der Waals surface area contributed by atoms with Gasteiger partial charge in [0.2, 0.25) is 0 Å². The zero-order valence-corrected chi connectivity index (χ0v) is 11.9. The molecule has 0 saturated carbocycles. The molecule has 0 fully saturated rings. The van der Waals surface area contributed by atoms with Crippen molar-refractivity contribution in [2.45, 2.75) is 0 Å². The summed E-state index contributed by atoms with van der Waals surface area (Å²) in [5.41, 5.74) is -0.0974. The summed E-state index contributed by atoms with van der Waals surface area (Å²) in [6.45, 7) is 0. The van der Waals surface area contributed by atoms with Crippen molar-refractivity contribution in [2.24, 2.45) is 0 Å². The van der Waals surface area contributed by atoms with Crippen LogP contribution in [0.5, 0.6) is 0 Å². The molecule has 0 aliphatic heterocycles. The van der Waals surface area contributed by atoms with Gasteiger partial charge in [-0.3, -0.25) is 20.2 Å². The molecule has 0 aliphatic carbocycles. The fourth-order valence-corrected chi connectivity index (χ4v) is 1.84. The predicted molar refractivity (Wildman–Crippen MR) is 83.2 cm³/mol. The Bertz CT molecular complexity index is 737. The number of nitrogens with zero attached hydrogens (tertiary/aromatic N) is 1. The Morgan fingerprint density at radius 2 is 1.86 bits per heavy atom.